The maximum atomic E-state index is 13.3. The van der Waals surface area contributed by atoms with Gasteiger partial charge in [-0.25, -0.2) is 4.98 Å². The van der Waals surface area contributed by atoms with Gasteiger partial charge in [-0.3, -0.25) is 14.6 Å². The van der Waals surface area contributed by atoms with E-state index in [9.17, 15) is 9.59 Å². The summed E-state index contributed by atoms with van der Waals surface area (Å²) in [6.07, 6.45) is 3.97. The number of hydrogen-bond donors (Lipinski definition) is 2. The molecule has 2 aromatic carbocycles. The predicted octanol–water partition coefficient (Wildman–Crippen LogP) is 3.85. The summed E-state index contributed by atoms with van der Waals surface area (Å²) < 4.78 is 6.77. The molecule has 8 nitrogen and oxygen atoms in total. The van der Waals surface area contributed by atoms with Gasteiger partial charge >= 0.3 is 0 Å². The number of benzene rings is 2. The number of anilines is 1. The molecule has 174 valence electrons. The summed E-state index contributed by atoms with van der Waals surface area (Å²) in [5.41, 5.74) is 3.93. The maximum Gasteiger partial charge on any atom is 0.253 e. The second kappa shape index (κ2) is 10.5. The highest BCUT2D eigenvalue weighted by Crippen LogP contribution is 2.29. The van der Waals surface area contributed by atoms with Crippen molar-refractivity contribution in [1.29, 1.82) is 0 Å². The van der Waals surface area contributed by atoms with Crippen molar-refractivity contribution >= 4 is 40.1 Å². The summed E-state index contributed by atoms with van der Waals surface area (Å²) in [5, 5.41) is 6.39. The number of amides is 2. The van der Waals surface area contributed by atoms with E-state index in [1.54, 1.807) is 24.5 Å². The molecule has 4 aromatic rings. The first-order valence-corrected chi connectivity index (χ1v) is 11.1. The fraction of sp³-hybridized carbons (Fsp3) is 0.200. The summed E-state index contributed by atoms with van der Waals surface area (Å²) >= 11 is 6.23. The Kier molecular flexibility index (Phi) is 7.20. The summed E-state index contributed by atoms with van der Waals surface area (Å²) in [6, 6.07) is 14.6. The molecule has 0 aliphatic carbocycles. The zero-order valence-electron chi connectivity index (χ0n) is 18.8. The van der Waals surface area contributed by atoms with Gasteiger partial charge in [0, 0.05) is 49.4 Å². The average Bonchev–Trinajstić information content (AvgIpc) is 3.16. The van der Waals surface area contributed by atoms with E-state index in [2.05, 4.69) is 15.6 Å². The molecule has 0 aliphatic heterocycles. The molecule has 34 heavy (non-hydrogen) atoms. The van der Waals surface area contributed by atoms with Crippen LogP contribution >= 0.6 is 11.6 Å². The van der Waals surface area contributed by atoms with Gasteiger partial charge in [0.1, 0.15) is 12.4 Å². The van der Waals surface area contributed by atoms with E-state index in [0.717, 1.165) is 11.1 Å². The smallest absolute Gasteiger partial charge is 0.253 e. The number of ether oxygens (including phenoxy) is 1. The van der Waals surface area contributed by atoms with Crippen molar-refractivity contribution in [1.82, 2.24) is 19.9 Å². The summed E-state index contributed by atoms with van der Waals surface area (Å²) in [7, 11) is 3.30. The van der Waals surface area contributed by atoms with Crippen LogP contribution in [0.5, 0.6) is 0 Å². The Labute approximate surface area is 201 Å². The maximum absolute atomic E-state index is 13.3. The van der Waals surface area contributed by atoms with Crippen LogP contribution in [0.15, 0.2) is 60.9 Å². The minimum absolute atomic E-state index is 0.0954. The van der Waals surface area contributed by atoms with Gasteiger partial charge in [0.25, 0.3) is 5.91 Å². The van der Waals surface area contributed by atoms with Gasteiger partial charge in [-0.1, -0.05) is 29.8 Å². The number of imidazole rings is 1. The molecule has 0 fully saturated rings. The normalized spacial score (nSPS) is 10.9. The van der Waals surface area contributed by atoms with Gasteiger partial charge in [0.15, 0.2) is 0 Å². The number of nitrogens with one attached hydrogen (secondary N) is 2. The molecular formula is C25H24ClN5O3. The molecule has 0 bridgehead atoms. The first-order chi connectivity index (χ1) is 16.5. The zero-order valence-corrected chi connectivity index (χ0v) is 19.6. The van der Waals surface area contributed by atoms with Gasteiger partial charge < -0.3 is 19.9 Å². The monoisotopic (exact) mass is 477 g/mol. The molecule has 0 unspecified atom stereocenters. The molecule has 0 spiro atoms. The van der Waals surface area contributed by atoms with Crippen LogP contribution in [0.2, 0.25) is 5.02 Å². The van der Waals surface area contributed by atoms with Gasteiger partial charge in [-0.2, -0.15) is 0 Å². The molecule has 0 saturated heterocycles. The molecule has 0 atom stereocenters. The molecule has 2 aromatic heterocycles. The number of halogens is 1. The highest BCUT2D eigenvalue weighted by molar-refractivity contribution is 6.31. The van der Waals surface area contributed by atoms with E-state index < -0.39 is 0 Å². The van der Waals surface area contributed by atoms with Crippen LogP contribution in [-0.4, -0.2) is 46.6 Å². The zero-order chi connectivity index (χ0) is 24.1. The number of nitrogens with zero attached hydrogens (tertiary/aromatic N) is 3. The lowest BCUT2D eigenvalue weighted by atomic mass is 10.1. The van der Waals surface area contributed by atoms with Crippen LogP contribution in [0, 0.1) is 0 Å². The van der Waals surface area contributed by atoms with Crippen LogP contribution in [0.25, 0.3) is 22.4 Å². The topological polar surface area (TPSA) is 98.1 Å². The third kappa shape index (κ3) is 5.08. The second-order valence-electron chi connectivity index (χ2n) is 7.70. The molecule has 0 aliphatic rings. The third-order valence-electron chi connectivity index (χ3n) is 5.35. The Hall–Kier alpha value is -3.75. The minimum atomic E-state index is -0.322. The fourth-order valence-electron chi connectivity index (χ4n) is 3.79. The Morgan fingerprint density at radius 1 is 1.12 bits per heavy atom. The number of carbonyl (C=O) groups excluding carboxylic acids is 2. The predicted molar refractivity (Wildman–Crippen MR) is 132 cm³/mol. The Morgan fingerprint density at radius 2 is 1.88 bits per heavy atom. The number of rotatable bonds is 8. The highest BCUT2D eigenvalue weighted by atomic mass is 35.5. The van der Waals surface area contributed by atoms with Crippen molar-refractivity contribution in [3.8, 4) is 11.4 Å². The Bertz CT molecular complexity index is 1340. The first-order valence-electron chi connectivity index (χ1n) is 10.7. The number of methoxy groups -OCH3 is 1. The Balaban J connectivity index is 1.68. The standard InChI is InChI=1S/C25H24ClN5O3/c1-31-23-19(25(33)28-12-9-16-5-3-4-6-20(16)26)13-18(29-22(32)15-34-2)14-21(23)30-24(31)17-7-10-27-11-8-17/h3-8,10-11,13-14H,9,12,15H2,1-2H3,(H,28,33)(H,29,32). The van der Waals surface area contributed by atoms with Crippen molar-refractivity contribution in [3.63, 3.8) is 0 Å². The lowest BCUT2D eigenvalue weighted by Gasteiger charge is -2.11. The van der Waals surface area contributed by atoms with Crippen LogP contribution in [-0.2, 0) is 23.0 Å². The summed E-state index contributed by atoms with van der Waals surface area (Å²) in [5.74, 6) is 0.0873. The lowest BCUT2D eigenvalue weighted by molar-refractivity contribution is -0.119. The second-order valence-corrected chi connectivity index (χ2v) is 8.11. The molecule has 2 heterocycles. The molecule has 4 rings (SSSR count). The number of carbonyl (C=O) groups is 2. The molecular weight excluding hydrogens is 454 g/mol. The quantitative estimate of drug-likeness (QED) is 0.401. The molecule has 0 saturated carbocycles. The highest BCUT2D eigenvalue weighted by Gasteiger charge is 2.20. The van der Waals surface area contributed by atoms with E-state index in [4.69, 9.17) is 21.3 Å². The van der Waals surface area contributed by atoms with E-state index in [0.29, 0.717) is 46.1 Å². The lowest BCUT2D eigenvalue weighted by Crippen LogP contribution is -2.26. The minimum Gasteiger partial charge on any atom is -0.375 e. The van der Waals surface area contributed by atoms with Gasteiger partial charge in [-0.05, 0) is 42.3 Å². The van der Waals surface area contributed by atoms with Crippen LogP contribution < -0.4 is 10.6 Å². The third-order valence-corrected chi connectivity index (χ3v) is 5.72. The number of aromatic nitrogens is 3. The van der Waals surface area contributed by atoms with E-state index in [1.165, 1.54) is 7.11 Å². The Morgan fingerprint density at radius 3 is 2.62 bits per heavy atom. The first kappa shape index (κ1) is 23.4. The number of pyridine rings is 1. The number of hydrogen-bond acceptors (Lipinski definition) is 5. The molecule has 0 radical (unpaired) electrons. The van der Waals surface area contributed by atoms with Gasteiger partial charge in [-0.15, -0.1) is 0 Å². The van der Waals surface area contributed by atoms with Crippen LogP contribution in [0.1, 0.15) is 15.9 Å². The largest absolute Gasteiger partial charge is 0.375 e. The number of fused-ring (bicyclic) bond motifs is 1. The van der Waals surface area contributed by atoms with Crippen molar-refractivity contribution < 1.29 is 14.3 Å². The van der Waals surface area contributed by atoms with Crippen molar-refractivity contribution in [2.45, 2.75) is 6.42 Å². The van der Waals surface area contributed by atoms with Crippen LogP contribution in [0.4, 0.5) is 5.69 Å². The van der Waals surface area contributed by atoms with Gasteiger partial charge in [0.2, 0.25) is 5.91 Å². The van der Waals surface area contributed by atoms with Crippen molar-refractivity contribution in [2.75, 3.05) is 25.6 Å². The van der Waals surface area contributed by atoms with Crippen LogP contribution in [0.3, 0.4) is 0 Å². The summed E-state index contributed by atoms with van der Waals surface area (Å²) in [4.78, 5) is 34.2. The fourth-order valence-corrected chi connectivity index (χ4v) is 4.02. The van der Waals surface area contributed by atoms with E-state index in [-0.39, 0.29) is 18.4 Å². The van der Waals surface area contributed by atoms with E-state index >= 15 is 0 Å². The number of aryl methyl sites for hydroxylation is 1. The molecule has 2 amide bonds. The van der Waals surface area contributed by atoms with Crippen molar-refractivity contribution in [2.24, 2.45) is 7.05 Å². The summed E-state index contributed by atoms with van der Waals surface area (Å²) in [6.45, 7) is 0.307. The molecule has 2 N–H and O–H groups in total. The van der Waals surface area contributed by atoms with Gasteiger partial charge in [0.05, 0.1) is 16.6 Å². The molecule has 9 heteroatoms. The van der Waals surface area contributed by atoms with Crippen molar-refractivity contribution in [3.05, 3.63) is 77.1 Å². The average molecular weight is 478 g/mol. The van der Waals surface area contributed by atoms with E-state index in [1.807, 2.05) is 48.0 Å². The SMILES string of the molecule is COCC(=O)Nc1cc(C(=O)NCCc2ccccc2Cl)c2c(c1)nc(-c1ccncc1)n2C.